The van der Waals surface area contributed by atoms with E-state index in [0.29, 0.717) is 0 Å². The summed E-state index contributed by atoms with van der Waals surface area (Å²) < 4.78 is 0. The van der Waals surface area contributed by atoms with E-state index < -0.39 is 0 Å². The van der Waals surface area contributed by atoms with Crippen LogP contribution in [0, 0.1) is 0 Å². The van der Waals surface area contributed by atoms with E-state index in [9.17, 15) is 0 Å². The number of aromatic nitrogens is 4. The van der Waals surface area contributed by atoms with Crippen molar-refractivity contribution < 1.29 is 0 Å². The Labute approximate surface area is 417 Å². The summed E-state index contributed by atoms with van der Waals surface area (Å²) in [6.07, 6.45) is 14.9. The minimum Gasteiger partial charge on any atom is -0.307 e. The van der Waals surface area contributed by atoms with Gasteiger partial charge in [-0.25, -0.2) is 0 Å². The third-order valence-corrected chi connectivity index (χ3v) is 13.8. The molecule has 6 nitrogen and oxygen atoms in total. The normalized spacial score (nSPS) is 11.3. The number of pyridine rings is 4. The molecule has 0 atom stereocenters. The van der Waals surface area contributed by atoms with Crippen molar-refractivity contribution in [3.8, 4) is 44.5 Å². The number of hydrogen-bond donors (Lipinski definition) is 0. The number of anilines is 6. The molecule has 0 aliphatic heterocycles. The molecule has 0 saturated carbocycles. The van der Waals surface area contributed by atoms with Crippen LogP contribution in [-0.2, 0) is 0 Å². The lowest BCUT2D eigenvalue weighted by atomic mass is 9.84. The van der Waals surface area contributed by atoms with Gasteiger partial charge in [0, 0.05) is 36.2 Å². The van der Waals surface area contributed by atoms with Crippen LogP contribution < -0.4 is 9.80 Å². The van der Waals surface area contributed by atoms with Gasteiger partial charge in [-0.3, -0.25) is 19.9 Å². The summed E-state index contributed by atoms with van der Waals surface area (Å²) in [5.74, 6) is 0. The van der Waals surface area contributed by atoms with Gasteiger partial charge in [-0.05, 0) is 160 Å². The van der Waals surface area contributed by atoms with Gasteiger partial charge in [-0.1, -0.05) is 146 Å². The quantitative estimate of drug-likeness (QED) is 0.127. The molecule has 4 aromatic heterocycles. The predicted molar refractivity (Wildman–Crippen MR) is 299 cm³/mol. The summed E-state index contributed by atoms with van der Waals surface area (Å²) in [5, 5.41) is 9.39. The van der Waals surface area contributed by atoms with Crippen molar-refractivity contribution in [2.45, 2.75) is 0 Å². The van der Waals surface area contributed by atoms with Crippen molar-refractivity contribution in [2.75, 3.05) is 9.80 Å². The maximum Gasteiger partial charge on any atom is 0.0645 e. The van der Waals surface area contributed by atoms with Gasteiger partial charge < -0.3 is 9.80 Å². The average molecular weight is 921 g/mol. The van der Waals surface area contributed by atoms with E-state index in [0.717, 1.165) is 89.0 Å². The fourth-order valence-electron chi connectivity index (χ4n) is 10.5. The lowest BCUT2D eigenvalue weighted by Crippen LogP contribution is -2.11. The first-order valence-corrected chi connectivity index (χ1v) is 24.1. The van der Waals surface area contributed by atoms with Crippen LogP contribution in [-0.4, -0.2) is 19.9 Å². The summed E-state index contributed by atoms with van der Waals surface area (Å²) >= 11 is 0. The minimum absolute atomic E-state index is 0.936. The Balaban J connectivity index is 1.10. The monoisotopic (exact) mass is 920 g/mol. The van der Waals surface area contributed by atoms with Crippen molar-refractivity contribution >= 4 is 77.2 Å². The van der Waals surface area contributed by atoms with E-state index in [2.05, 4.69) is 224 Å². The SMILES string of the molecule is c1cncc(N(c2cccnc2)c2ccc3c(-c4ccc(-c5cccc6ccccc56)cc4)c4cc(N(c5cccnc5)c5cccnc5)ccc4c(-c4ccc(-c5cccc6ccccc56)cc4)c3c2)c1. The molecule has 0 unspecified atom stereocenters. The van der Waals surface area contributed by atoms with Gasteiger partial charge in [0.15, 0.2) is 0 Å². The van der Waals surface area contributed by atoms with Crippen LogP contribution in [0.3, 0.4) is 0 Å². The first-order valence-electron chi connectivity index (χ1n) is 24.1. The number of fused-ring (bicyclic) bond motifs is 4. The summed E-state index contributed by atoms with van der Waals surface area (Å²) in [6.45, 7) is 0. The highest BCUT2D eigenvalue weighted by Crippen LogP contribution is 2.49. The molecular weight excluding hydrogens is 877 g/mol. The fourth-order valence-corrected chi connectivity index (χ4v) is 10.5. The zero-order chi connectivity index (χ0) is 47.8. The van der Waals surface area contributed by atoms with Crippen molar-refractivity contribution in [2.24, 2.45) is 0 Å². The molecule has 0 aliphatic carbocycles. The van der Waals surface area contributed by atoms with Crippen LogP contribution in [0.2, 0.25) is 0 Å². The number of rotatable bonds is 10. The largest absolute Gasteiger partial charge is 0.307 e. The molecule has 0 bridgehead atoms. The van der Waals surface area contributed by atoms with Gasteiger partial charge in [0.1, 0.15) is 0 Å². The van der Waals surface area contributed by atoms with E-state index in [1.165, 1.54) is 32.7 Å². The number of nitrogens with zero attached hydrogens (tertiary/aromatic N) is 6. The smallest absolute Gasteiger partial charge is 0.0645 e. The second kappa shape index (κ2) is 18.3. The summed E-state index contributed by atoms with van der Waals surface area (Å²) in [6, 6.07) is 78.7. The minimum atomic E-state index is 0.936. The van der Waals surface area contributed by atoms with Crippen LogP contribution >= 0.6 is 0 Å². The molecule has 0 aliphatic rings. The highest BCUT2D eigenvalue weighted by atomic mass is 15.2. The van der Waals surface area contributed by atoms with E-state index in [1.54, 1.807) is 0 Å². The van der Waals surface area contributed by atoms with Gasteiger partial charge in [0.25, 0.3) is 0 Å². The molecule has 338 valence electrons. The lowest BCUT2D eigenvalue weighted by Gasteiger charge is -2.27. The van der Waals surface area contributed by atoms with Gasteiger partial charge >= 0.3 is 0 Å². The van der Waals surface area contributed by atoms with Crippen LogP contribution in [0.25, 0.3) is 87.6 Å². The fraction of sp³-hybridized carbons (Fsp3) is 0. The zero-order valence-corrected chi connectivity index (χ0v) is 39.1. The average Bonchev–Trinajstić information content (AvgIpc) is 3.46. The number of hydrogen-bond acceptors (Lipinski definition) is 6. The molecule has 0 amide bonds. The van der Waals surface area contributed by atoms with E-state index >= 15 is 0 Å². The Bertz CT molecular complexity index is 3720. The third kappa shape index (κ3) is 7.64. The van der Waals surface area contributed by atoms with Crippen LogP contribution in [0.5, 0.6) is 0 Å². The first-order chi connectivity index (χ1) is 35.7. The summed E-state index contributed by atoms with van der Waals surface area (Å²) in [5.41, 5.74) is 15.0. The molecule has 6 heteroatoms. The van der Waals surface area contributed by atoms with Gasteiger partial charge in [-0.2, -0.15) is 0 Å². The van der Waals surface area contributed by atoms with Crippen molar-refractivity contribution in [1.29, 1.82) is 0 Å². The molecule has 0 saturated heterocycles. The molecule has 0 spiro atoms. The van der Waals surface area contributed by atoms with E-state index in [1.807, 2.05) is 73.8 Å². The molecule has 72 heavy (non-hydrogen) atoms. The van der Waals surface area contributed by atoms with Crippen LogP contribution in [0.1, 0.15) is 0 Å². The number of benzene rings is 9. The van der Waals surface area contributed by atoms with Crippen LogP contribution in [0.15, 0.2) is 268 Å². The Kier molecular flexibility index (Phi) is 10.7. The van der Waals surface area contributed by atoms with Crippen LogP contribution in [0.4, 0.5) is 34.1 Å². The van der Waals surface area contributed by atoms with Crippen molar-refractivity contribution in [3.05, 3.63) is 268 Å². The maximum absolute atomic E-state index is 4.57. The lowest BCUT2D eigenvalue weighted by molar-refractivity contribution is 1.20. The highest BCUT2D eigenvalue weighted by Gasteiger charge is 2.23. The second-order valence-electron chi connectivity index (χ2n) is 17.9. The topological polar surface area (TPSA) is 58.0 Å². The maximum atomic E-state index is 4.57. The Morgan fingerprint density at radius 1 is 0.236 bits per heavy atom. The Morgan fingerprint density at radius 3 is 0.944 bits per heavy atom. The van der Waals surface area contributed by atoms with Gasteiger partial charge in [-0.15, -0.1) is 0 Å². The molecular formula is C66H44N6. The van der Waals surface area contributed by atoms with E-state index in [4.69, 9.17) is 0 Å². The standard InChI is InChI=1S/C66H44N6/c1-3-19-57-45(11-1)13-5-21-59(57)47-23-27-49(28-24-47)65-61-33-31-52(72(55-17-9-37-69-43-55)56-18-10-38-70-44-56)40-64(61)66(50-29-25-48(26-30-50)60-22-6-14-46-12-2-4-20-58(46)60)62-34-32-51(39-63(62)65)71(53-15-7-35-67-41-53)54-16-8-36-68-42-54/h1-44H. The molecule has 13 rings (SSSR count). The predicted octanol–water partition coefficient (Wildman–Crippen LogP) is 17.5. The van der Waals surface area contributed by atoms with Crippen molar-refractivity contribution in [3.63, 3.8) is 0 Å². The van der Waals surface area contributed by atoms with Gasteiger partial charge in [0.05, 0.1) is 47.5 Å². The zero-order valence-electron chi connectivity index (χ0n) is 39.1. The van der Waals surface area contributed by atoms with E-state index in [-0.39, 0.29) is 0 Å². The Hall–Kier alpha value is -9.78. The molecule has 0 radical (unpaired) electrons. The molecule has 9 aromatic carbocycles. The second-order valence-corrected chi connectivity index (χ2v) is 17.9. The molecule has 13 aromatic rings. The molecule has 0 fully saturated rings. The summed E-state index contributed by atoms with van der Waals surface area (Å²) in [4.78, 5) is 22.7. The summed E-state index contributed by atoms with van der Waals surface area (Å²) in [7, 11) is 0. The highest BCUT2D eigenvalue weighted by molar-refractivity contribution is 6.23. The molecule has 4 heterocycles. The molecule has 0 N–H and O–H groups in total. The first kappa shape index (κ1) is 42.3. The Morgan fingerprint density at radius 2 is 0.583 bits per heavy atom. The third-order valence-electron chi connectivity index (χ3n) is 13.8. The van der Waals surface area contributed by atoms with Gasteiger partial charge in [0.2, 0.25) is 0 Å². The van der Waals surface area contributed by atoms with Crippen molar-refractivity contribution in [1.82, 2.24) is 19.9 Å².